The van der Waals surface area contributed by atoms with Gasteiger partial charge in [0.15, 0.2) is 0 Å². The summed E-state index contributed by atoms with van der Waals surface area (Å²) in [6.45, 7) is 2.08. The number of rotatable bonds is 4. The van der Waals surface area contributed by atoms with Crippen molar-refractivity contribution < 1.29 is 0 Å². The fourth-order valence-corrected chi connectivity index (χ4v) is 2.54. The molecule has 3 rings (SSSR count). The number of anilines is 3. The topological polar surface area (TPSA) is 49.8 Å². The maximum atomic E-state index is 4.52. The van der Waals surface area contributed by atoms with Crippen LogP contribution in [0.3, 0.4) is 0 Å². The fourth-order valence-electron chi connectivity index (χ4n) is 2.54. The third kappa shape index (κ3) is 3.26. The van der Waals surface area contributed by atoms with Crippen LogP contribution < -0.4 is 10.6 Å². The Hall–Kier alpha value is -2.10. The van der Waals surface area contributed by atoms with Gasteiger partial charge in [0, 0.05) is 17.9 Å². The molecule has 20 heavy (non-hydrogen) atoms. The molecule has 2 aromatic rings. The molecule has 1 fully saturated rings. The van der Waals surface area contributed by atoms with Crippen molar-refractivity contribution in [3.05, 3.63) is 42.1 Å². The highest BCUT2D eigenvalue weighted by Gasteiger charge is 2.15. The van der Waals surface area contributed by atoms with E-state index in [4.69, 9.17) is 0 Å². The lowest BCUT2D eigenvalue weighted by Crippen LogP contribution is -2.15. The van der Waals surface area contributed by atoms with Crippen LogP contribution in [0.4, 0.5) is 17.5 Å². The van der Waals surface area contributed by atoms with Gasteiger partial charge in [0.2, 0.25) is 5.95 Å². The summed E-state index contributed by atoms with van der Waals surface area (Å²) in [6, 6.07) is 10.7. The van der Waals surface area contributed by atoms with Crippen molar-refractivity contribution in [3.63, 3.8) is 0 Å². The number of aromatic nitrogens is 2. The minimum absolute atomic E-state index is 0.567. The molecule has 1 aliphatic carbocycles. The van der Waals surface area contributed by atoms with Gasteiger partial charge in [0.05, 0.1) is 0 Å². The van der Waals surface area contributed by atoms with Crippen LogP contribution in [0.15, 0.2) is 36.5 Å². The van der Waals surface area contributed by atoms with Gasteiger partial charge in [-0.15, -0.1) is 0 Å². The Balaban J connectivity index is 1.68. The fraction of sp³-hybridized carbons (Fsp3) is 0.375. The lowest BCUT2D eigenvalue weighted by molar-refractivity contribution is 0.750. The Morgan fingerprint density at radius 2 is 1.80 bits per heavy atom. The summed E-state index contributed by atoms with van der Waals surface area (Å²) in [5, 5.41) is 6.72. The Kier molecular flexibility index (Phi) is 3.81. The highest BCUT2D eigenvalue weighted by Crippen LogP contribution is 2.22. The zero-order valence-corrected chi connectivity index (χ0v) is 11.8. The predicted molar refractivity (Wildman–Crippen MR) is 82.4 cm³/mol. The molecule has 0 unspecified atom stereocenters. The average molecular weight is 268 g/mol. The number of benzene rings is 1. The van der Waals surface area contributed by atoms with Crippen LogP contribution in [0.5, 0.6) is 0 Å². The third-order valence-corrected chi connectivity index (χ3v) is 3.67. The van der Waals surface area contributed by atoms with Gasteiger partial charge < -0.3 is 10.6 Å². The molecule has 0 radical (unpaired) electrons. The van der Waals surface area contributed by atoms with E-state index in [9.17, 15) is 0 Å². The molecule has 0 bridgehead atoms. The molecular formula is C16H20N4. The zero-order valence-electron chi connectivity index (χ0n) is 11.8. The molecule has 1 aliphatic rings. The van der Waals surface area contributed by atoms with E-state index in [1.165, 1.54) is 31.2 Å². The van der Waals surface area contributed by atoms with E-state index in [0.29, 0.717) is 12.0 Å². The second kappa shape index (κ2) is 5.90. The van der Waals surface area contributed by atoms with Gasteiger partial charge in [-0.25, -0.2) is 4.98 Å². The van der Waals surface area contributed by atoms with E-state index in [2.05, 4.69) is 39.7 Å². The SMILES string of the molecule is Cc1ccc(Nc2nccc(NC3CCCC3)n2)cc1. The van der Waals surface area contributed by atoms with Crippen LogP contribution in [0.1, 0.15) is 31.2 Å². The number of hydrogen-bond donors (Lipinski definition) is 2. The summed E-state index contributed by atoms with van der Waals surface area (Å²) in [4.78, 5) is 8.79. The zero-order chi connectivity index (χ0) is 13.8. The summed E-state index contributed by atoms with van der Waals surface area (Å²) in [7, 11) is 0. The van der Waals surface area contributed by atoms with Gasteiger partial charge in [-0.2, -0.15) is 4.98 Å². The summed E-state index contributed by atoms with van der Waals surface area (Å²) in [5.74, 6) is 1.54. The van der Waals surface area contributed by atoms with Gasteiger partial charge in [0.1, 0.15) is 5.82 Å². The van der Waals surface area contributed by atoms with Crippen LogP contribution in [0.2, 0.25) is 0 Å². The largest absolute Gasteiger partial charge is 0.367 e. The molecule has 0 amide bonds. The number of nitrogens with one attached hydrogen (secondary N) is 2. The summed E-state index contributed by atoms with van der Waals surface area (Å²) in [6.07, 6.45) is 6.91. The smallest absolute Gasteiger partial charge is 0.229 e. The normalized spacial score (nSPS) is 15.2. The Morgan fingerprint density at radius 1 is 1.05 bits per heavy atom. The van der Waals surface area contributed by atoms with Crippen LogP contribution >= 0.6 is 0 Å². The van der Waals surface area contributed by atoms with Crippen molar-refractivity contribution in [3.8, 4) is 0 Å². The van der Waals surface area contributed by atoms with Crippen molar-refractivity contribution in [1.29, 1.82) is 0 Å². The molecule has 1 heterocycles. The van der Waals surface area contributed by atoms with Crippen LogP contribution in [-0.2, 0) is 0 Å². The Bertz CT molecular complexity index is 559. The second-order valence-electron chi connectivity index (χ2n) is 5.38. The molecule has 0 aliphatic heterocycles. The van der Waals surface area contributed by atoms with E-state index >= 15 is 0 Å². The number of nitrogens with zero attached hydrogens (tertiary/aromatic N) is 2. The second-order valence-corrected chi connectivity index (χ2v) is 5.38. The minimum Gasteiger partial charge on any atom is -0.367 e. The molecule has 1 saturated carbocycles. The molecule has 104 valence electrons. The molecule has 1 aromatic heterocycles. The van der Waals surface area contributed by atoms with Crippen molar-refractivity contribution in [2.45, 2.75) is 38.6 Å². The van der Waals surface area contributed by atoms with E-state index in [-0.39, 0.29) is 0 Å². The average Bonchev–Trinajstić information content (AvgIpc) is 2.95. The summed E-state index contributed by atoms with van der Waals surface area (Å²) < 4.78 is 0. The minimum atomic E-state index is 0.567. The monoisotopic (exact) mass is 268 g/mol. The van der Waals surface area contributed by atoms with E-state index in [0.717, 1.165) is 11.5 Å². The van der Waals surface area contributed by atoms with Crippen LogP contribution in [0, 0.1) is 6.92 Å². The molecule has 4 nitrogen and oxygen atoms in total. The highest BCUT2D eigenvalue weighted by atomic mass is 15.1. The first-order valence-electron chi connectivity index (χ1n) is 7.23. The van der Waals surface area contributed by atoms with Crippen LogP contribution in [-0.4, -0.2) is 16.0 Å². The first-order chi connectivity index (χ1) is 9.79. The molecule has 0 atom stereocenters. The van der Waals surface area contributed by atoms with Crippen LogP contribution in [0.25, 0.3) is 0 Å². The van der Waals surface area contributed by atoms with E-state index in [1.807, 2.05) is 18.2 Å². The van der Waals surface area contributed by atoms with E-state index in [1.54, 1.807) is 6.20 Å². The molecule has 0 saturated heterocycles. The maximum Gasteiger partial charge on any atom is 0.229 e. The molecule has 1 aromatic carbocycles. The first kappa shape index (κ1) is 12.9. The van der Waals surface area contributed by atoms with Gasteiger partial charge in [-0.1, -0.05) is 30.5 Å². The number of aryl methyl sites for hydroxylation is 1. The molecule has 0 spiro atoms. The van der Waals surface area contributed by atoms with Gasteiger partial charge in [-0.05, 0) is 38.0 Å². The molecule has 4 heteroatoms. The van der Waals surface area contributed by atoms with Gasteiger partial charge in [0.25, 0.3) is 0 Å². The first-order valence-corrected chi connectivity index (χ1v) is 7.23. The van der Waals surface area contributed by atoms with Crippen molar-refractivity contribution in [1.82, 2.24) is 9.97 Å². The quantitative estimate of drug-likeness (QED) is 0.883. The van der Waals surface area contributed by atoms with Gasteiger partial charge >= 0.3 is 0 Å². The Morgan fingerprint density at radius 3 is 2.55 bits per heavy atom. The molecule has 2 N–H and O–H groups in total. The third-order valence-electron chi connectivity index (χ3n) is 3.67. The lowest BCUT2D eigenvalue weighted by Gasteiger charge is -2.13. The van der Waals surface area contributed by atoms with Gasteiger partial charge in [-0.3, -0.25) is 0 Å². The maximum absolute atomic E-state index is 4.52. The van der Waals surface area contributed by atoms with Crippen molar-refractivity contribution in [2.24, 2.45) is 0 Å². The molecular weight excluding hydrogens is 248 g/mol. The highest BCUT2D eigenvalue weighted by molar-refractivity contribution is 5.55. The predicted octanol–water partition coefficient (Wildman–Crippen LogP) is 3.88. The van der Waals surface area contributed by atoms with Crippen molar-refractivity contribution in [2.75, 3.05) is 10.6 Å². The lowest BCUT2D eigenvalue weighted by atomic mass is 10.2. The standard InChI is InChI=1S/C16H20N4/c1-12-6-8-14(9-7-12)19-16-17-11-10-15(20-16)18-13-4-2-3-5-13/h6-11,13H,2-5H2,1H3,(H2,17,18,19,20). The summed E-state index contributed by atoms with van der Waals surface area (Å²) in [5.41, 5.74) is 2.25. The van der Waals surface area contributed by atoms with E-state index < -0.39 is 0 Å². The summed E-state index contributed by atoms with van der Waals surface area (Å²) >= 11 is 0. The number of hydrogen-bond acceptors (Lipinski definition) is 4. The van der Waals surface area contributed by atoms with Crippen molar-refractivity contribution >= 4 is 17.5 Å². The Labute approximate surface area is 119 Å².